The van der Waals surface area contributed by atoms with Gasteiger partial charge in [0.15, 0.2) is 0 Å². The number of hydrogen-bond donors (Lipinski definition) is 0. The Balaban J connectivity index is 1.58. The van der Waals surface area contributed by atoms with Crippen LogP contribution in [0.15, 0.2) is 29.2 Å². The van der Waals surface area contributed by atoms with E-state index in [1.165, 1.54) is 4.31 Å². The molecule has 2 heterocycles. The van der Waals surface area contributed by atoms with Gasteiger partial charge in [-0.1, -0.05) is 26.0 Å². The van der Waals surface area contributed by atoms with Crippen LogP contribution in [-0.4, -0.2) is 62.4 Å². The molecule has 0 bridgehead atoms. The minimum Gasteiger partial charge on any atom is -0.378 e. The van der Waals surface area contributed by atoms with E-state index in [9.17, 15) is 13.2 Å². The molecule has 0 unspecified atom stereocenters. The van der Waals surface area contributed by atoms with Gasteiger partial charge in [-0.25, -0.2) is 8.42 Å². The third kappa shape index (κ3) is 4.70. The van der Waals surface area contributed by atoms with Gasteiger partial charge in [-0.3, -0.25) is 4.79 Å². The third-order valence-electron chi connectivity index (χ3n) is 5.72. The number of benzene rings is 1. The van der Waals surface area contributed by atoms with Gasteiger partial charge in [-0.15, -0.1) is 0 Å². The molecule has 2 aliphatic rings. The predicted molar refractivity (Wildman–Crippen MR) is 104 cm³/mol. The van der Waals surface area contributed by atoms with Gasteiger partial charge >= 0.3 is 0 Å². The molecule has 3 rings (SSSR count). The highest BCUT2D eigenvalue weighted by Gasteiger charge is 2.31. The quantitative estimate of drug-likeness (QED) is 0.744. The summed E-state index contributed by atoms with van der Waals surface area (Å²) in [5, 5.41) is 0. The first-order valence-electron chi connectivity index (χ1n) is 9.91. The number of carbonyl (C=O) groups excluding carboxylic acids is 1. The van der Waals surface area contributed by atoms with Crippen molar-refractivity contribution >= 4 is 15.9 Å². The summed E-state index contributed by atoms with van der Waals surface area (Å²) in [5.74, 6) is 0.483. The van der Waals surface area contributed by atoms with Gasteiger partial charge in [0.25, 0.3) is 0 Å². The predicted octanol–water partition coefficient (Wildman–Crippen LogP) is 2.60. The van der Waals surface area contributed by atoms with E-state index in [1.807, 2.05) is 12.1 Å². The topological polar surface area (TPSA) is 66.9 Å². The van der Waals surface area contributed by atoms with Crippen LogP contribution in [0.3, 0.4) is 0 Å². The first-order valence-corrected chi connectivity index (χ1v) is 11.3. The van der Waals surface area contributed by atoms with Crippen LogP contribution in [0, 0.1) is 0 Å². The Hall–Kier alpha value is -1.44. The van der Waals surface area contributed by atoms with Gasteiger partial charge in [0.2, 0.25) is 15.9 Å². The zero-order valence-corrected chi connectivity index (χ0v) is 17.1. The van der Waals surface area contributed by atoms with Crippen molar-refractivity contribution in [2.24, 2.45) is 0 Å². The number of sulfonamides is 1. The summed E-state index contributed by atoms with van der Waals surface area (Å²) in [6.45, 7) is 6.55. The van der Waals surface area contributed by atoms with Crippen LogP contribution in [-0.2, 0) is 19.6 Å². The van der Waals surface area contributed by atoms with E-state index in [-0.39, 0.29) is 12.0 Å². The average Bonchev–Trinajstić information content (AvgIpc) is 3.20. The van der Waals surface area contributed by atoms with Crippen LogP contribution in [0.25, 0.3) is 0 Å². The van der Waals surface area contributed by atoms with Gasteiger partial charge in [-0.05, 0) is 42.9 Å². The Kier molecular flexibility index (Phi) is 6.55. The second-order valence-electron chi connectivity index (χ2n) is 7.50. The number of nitrogens with zero attached hydrogens (tertiary/aromatic N) is 2. The highest BCUT2D eigenvalue weighted by molar-refractivity contribution is 7.89. The molecule has 2 fully saturated rings. The Bertz CT molecular complexity index is 734. The minimum atomic E-state index is -3.51. The maximum absolute atomic E-state index is 12.9. The lowest BCUT2D eigenvalue weighted by atomic mass is 9.99. The summed E-state index contributed by atoms with van der Waals surface area (Å²) in [6.07, 6.45) is 3.41. The molecular formula is C20H30N2O4S. The fraction of sp³-hybridized carbons (Fsp3) is 0.650. The number of ether oxygens (including phenoxy) is 1. The third-order valence-corrected chi connectivity index (χ3v) is 7.63. The molecule has 1 aromatic carbocycles. The fourth-order valence-electron chi connectivity index (χ4n) is 3.66. The van der Waals surface area contributed by atoms with Crippen molar-refractivity contribution in [3.63, 3.8) is 0 Å². The maximum atomic E-state index is 12.9. The van der Waals surface area contributed by atoms with Crippen LogP contribution in [0.5, 0.6) is 0 Å². The lowest BCUT2D eigenvalue weighted by Crippen LogP contribution is -2.50. The number of piperazine rings is 1. The molecule has 2 saturated heterocycles. The van der Waals surface area contributed by atoms with Crippen LogP contribution < -0.4 is 0 Å². The summed E-state index contributed by atoms with van der Waals surface area (Å²) >= 11 is 0. The molecule has 2 atom stereocenters. The van der Waals surface area contributed by atoms with Crippen LogP contribution in [0.4, 0.5) is 0 Å². The van der Waals surface area contributed by atoms with Crippen molar-refractivity contribution in [1.82, 2.24) is 9.21 Å². The molecule has 0 aliphatic carbocycles. The average molecular weight is 395 g/mol. The molecule has 1 amide bonds. The lowest BCUT2D eigenvalue weighted by molar-refractivity contribution is -0.134. The Morgan fingerprint density at radius 2 is 1.85 bits per heavy atom. The van der Waals surface area contributed by atoms with E-state index in [0.717, 1.165) is 31.4 Å². The highest BCUT2D eigenvalue weighted by Crippen LogP contribution is 2.23. The standard InChI is InChI=1S/C20H30N2O4S/c1-3-16(2)17-6-8-19(9-7-17)27(24,25)22-12-10-21(11-13-22)20(23)15-18-5-4-14-26-18/h6-9,16,18H,3-5,10-15H2,1-2H3/t16-,18+/m0/s1. The first-order chi connectivity index (χ1) is 12.9. The molecule has 0 radical (unpaired) electrons. The van der Waals surface area contributed by atoms with E-state index in [1.54, 1.807) is 17.0 Å². The van der Waals surface area contributed by atoms with Crippen molar-refractivity contribution < 1.29 is 17.9 Å². The van der Waals surface area contributed by atoms with Crippen molar-refractivity contribution in [2.75, 3.05) is 32.8 Å². The smallest absolute Gasteiger partial charge is 0.243 e. The first kappa shape index (κ1) is 20.3. The molecule has 150 valence electrons. The van der Waals surface area contributed by atoms with Gasteiger partial charge in [0, 0.05) is 32.8 Å². The molecular weight excluding hydrogens is 364 g/mol. The molecule has 2 aliphatic heterocycles. The zero-order chi connectivity index (χ0) is 19.4. The highest BCUT2D eigenvalue weighted by atomic mass is 32.2. The van der Waals surface area contributed by atoms with E-state index in [0.29, 0.717) is 43.4 Å². The van der Waals surface area contributed by atoms with Crippen molar-refractivity contribution in [3.8, 4) is 0 Å². The van der Waals surface area contributed by atoms with E-state index >= 15 is 0 Å². The largest absolute Gasteiger partial charge is 0.378 e. The van der Waals surface area contributed by atoms with E-state index in [4.69, 9.17) is 4.74 Å². The SMILES string of the molecule is CC[C@H](C)c1ccc(S(=O)(=O)N2CCN(C(=O)C[C@H]3CCCO3)CC2)cc1. The molecule has 27 heavy (non-hydrogen) atoms. The van der Waals surface area contributed by atoms with E-state index < -0.39 is 10.0 Å². The summed E-state index contributed by atoms with van der Waals surface area (Å²) in [5.41, 5.74) is 1.15. The molecule has 0 saturated carbocycles. The van der Waals surface area contributed by atoms with Gasteiger partial charge < -0.3 is 9.64 Å². The summed E-state index contributed by atoms with van der Waals surface area (Å²) in [6, 6.07) is 7.21. The molecule has 1 aromatic rings. The molecule has 6 nitrogen and oxygen atoms in total. The van der Waals surface area contributed by atoms with Gasteiger partial charge in [0.05, 0.1) is 17.4 Å². The second kappa shape index (κ2) is 8.71. The normalized spacial score (nSPS) is 22.7. The summed E-state index contributed by atoms with van der Waals surface area (Å²) in [4.78, 5) is 14.5. The number of amides is 1. The van der Waals surface area contributed by atoms with Crippen molar-refractivity contribution in [1.29, 1.82) is 0 Å². The second-order valence-corrected chi connectivity index (χ2v) is 9.44. The monoisotopic (exact) mass is 394 g/mol. The minimum absolute atomic E-state index is 0.0308. The van der Waals surface area contributed by atoms with Crippen LogP contribution >= 0.6 is 0 Å². The Labute approximate surface area is 162 Å². The fourth-order valence-corrected chi connectivity index (χ4v) is 5.08. The molecule has 0 N–H and O–H groups in total. The molecule has 7 heteroatoms. The zero-order valence-electron chi connectivity index (χ0n) is 16.3. The number of carbonyl (C=O) groups is 1. The van der Waals surface area contributed by atoms with Gasteiger partial charge in [-0.2, -0.15) is 4.31 Å². The van der Waals surface area contributed by atoms with Crippen LogP contribution in [0.2, 0.25) is 0 Å². The number of hydrogen-bond acceptors (Lipinski definition) is 4. The Morgan fingerprint density at radius 1 is 1.19 bits per heavy atom. The summed E-state index contributed by atoms with van der Waals surface area (Å²) in [7, 11) is -3.51. The lowest BCUT2D eigenvalue weighted by Gasteiger charge is -2.34. The molecule has 0 spiro atoms. The van der Waals surface area contributed by atoms with Crippen molar-refractivity contribution in [3.05, 3.63) is 29.8 Å². The summed E-state index contributed by atoms with van der Waals surface area (Å²) < 4.78 is 32.8. The Morgan fingerprint density at radius 3 is 2.41 bits per heavy atom. The maximum Gasteiger partial charge on any atom is 0.243 e. The van der Waals surface area contributed by atoms with Gasteiger partial charge in [0.1, 0.15) is 0 Å². The number of rotatable bonds is 6. The molecule has 0 aromatic heterocycles. The van der Waals surface area contributed by atoms with Crippen molar-refractivity contribution in [2.45, 2.75) is 56.4 Å². The van der Waals surface area contributed by atoms with Crippen LogP contribution in [0.1, 0.15) is 51.0 Å². The van der Waals surface area contributed by atoms with E-state index in [2.05, 4.69) is 13.8 Å².